The van der Waals surface area contributed by atoms with E-state index in [0.29, 0.717) is 27.7 Å². The lowest BCUT2D eigenvalue weighted by molar-refractivity contribution is 0.0601. The molecule has 0 unspecified atom stereocenters. The summed E-state index contributed by atoms with van der Waals surface area (Å²) in [5.41, 5.74) is 2.05. The second-order valence-electron chi connectivity index (χ2n) is 5.26. The van der Waals surface area contributed by atoms with Gasteiger partial charge in [-0.2, -0.15) is 0 Å². The number of hydrogen-bond donors (Lipinski definition) is 0. The zero-order valence-electron chi connectivity index (χ0n) is 13.2. The molecule has 1 aromatic carbocycles. The van der Waals surface area contributed by atoms with E-state index in [2.05, 4.69) is 4.98 Å². The van der Waals surface area contributed by atoms with Crippen LogP contribution in [0.4, 0.5) is 0 Å². The molecule has 0 amide bonds. The van der Waals surface area contributed by atoms with E-state index in [9.17, 15) is 9.59 Å². The van der Waals surface area contributed by atoms with E-state index in [4.69, 9.17) is 4.74 Å². The second-order valence-corrected chi connectivity index (χ2v) is 5.26. The van der Waals surface area contributed by atoms with Crippen LogP contribution in [0.3, 0.4) is 0 Å². The van der Waals surface area contributed by atoms with Gasteiger partial charge in [-0.25, -0.2) is 4.79 Å². The number of methoxy groups -OCH3 is 1. The zero-order chi connectivity index (χ0) is 16.6. The molecule has 2 aromatic heterocycles. The number of fused-ring (bicyclic) bond motifs is 1. The Labute approximate surface area is 133 Å². The highest BCUT2D eigenvalue weighted by atomic mass is 16.5. The summed E-state index contributed by atoms with van der Waals surface area (Å²) in [7, 11) is 1.32. The molecule has 0 saturated carbocycles. The Morgan fingerprint density at radius 1 is 1.09 bits per heavy atom. The van der Waals surface area contributed by atoms with Gasteiger partial charge < -0.3 is 4.74 Å². The summed E-state index contributed by atoms with van der Waals surface area (Å²) in [6, 6.07) is 11.1. The van der Waals surface area contributed by atoms with Gasteiger partial charge in [-0.1, -0.05) is 18.2 Å². The summed E-state index contributed by atoms with van der Waals surface area (Å²) in [5.74, 6) is -0.489. The average Bonchev–Trinajstić information content (AvgIpc) is 2.55. The van der Waals surface area contributed by atoms with Gasteiger partial charge >= 0.3 is 5.97 Å². The van der Waals surface area contributed by atoms with Crippen LogP contribution in [0.15, 0.2) is 47.4 Å². The molecule has 0 fully saturated rings. The van der Waals surface area contributed by atoms with Crippen molar-refractivity contribution in [2.45, 2.75) is 13.8 Å². The van der Waals surface area contributed by atoms with Crippen molar-refractivity contribution in [3.63, 3.8) is 0 Å². The topological polar surface area (TPSA) is 61.2 Å². The minimum atomic E-state index is -0.489. The molecule has 2 heterocycles. The summed E-state index contributed by atoms with van der Waals surface area (Å²) in [6.07, 6.45) is 1.67. The average molecular weight is 308 g/mol. The monoisotopic (exact) mass is 308 g/mol. The van der Waals surface area contributed by atoms with E-state index in [-0.39, 0.29) is 5.56 Å². The third-order valence-corrected chi connectivity index (χ3v) is 3.84. The number of para-hydroxylation sites is 1. The molecule has 3 rings (SSSR count). The van der Waals surface area contributed by atoms with E-state index in [1.165, 1.54) is 7.11 Å². The van der Waals surface area contributed by atoms with Crippen LogP contribution in [0.5, 0.6) is 0 Å². The number of hydrogen-bond acceptors (Lipinski definition) is 4. The SMILES string of the molecule is COC(=O)c1c(C)nc(C)c2c(=O)n(-c3ccccc3)ccc12. The number of aromatic nitrogens is 2. The summed E-state index contributed by atoms with van der Waals surface area (Å²) >= 11 is 0. The van der Waals surface area contributed by atoms with Gasteiger partial charge in [0.15, 0.2) is 0 Å². The quantitative estimate of drug-likeness (QED) is 0.683. The number of nitrogens with zero attached hydrogens (tertiary/aromatic N) is 2. The van der Waals surface area contributed by atoms with E-state index in [1.807, 2.05) is 30.3 Å². The lowest BCUT2D eigenvalue weighted by Gasteiger charge is -2.12. The predicted octanol–water partition coefficient (Wildman–Crippen LogP) is 2.79. The van der Waals surface area contributed by atoms with Crippen molar-refractivity contribution < 1.29 is 9.53 Å². The molecule has 0 saturated heterocycles. The van der Waals surface area contributed by atoms with Gasteiger partial charge in [0.2, 0.25) is 0 Å². The first-order chi connectivity index (χ1) is 11.0. The molecule has 3 aromatic rings. The number of ether oxygens (including phenoxy) is 1. The number of esters is 1. The molecule has 0 radical (unpaired) electrons. The Hall–Kier alpha value is -2.95. The van der Waals surface area contributed by atoms with Gasteiger partial charge in [-0.05, 0) is 32.0 Å². The summed E-state index contributed by atoms with van der Waals surface area (Å²) < 4.78 is 6.38. The third-order valence-electron chi connectivity index (χ3n) is 3.84. The Kier molecular flexibility index (Phi) is 3.70. The molecule has 0 aliphatic heterocycles. The highest BCUT2D eigenvalue weighted by Crippen LogP contribution is 2.22. The summed E-state index contributed by atoms with van der Waals surface area (Å²) in [4.78, 5) is 29.3. The van der Waals surface area contributed by atoms with Gasteiger partial charge in [0, 0.05) is 17.3 Å². The minimum Gasteiger partial charge on any atom is -0.465 e. The van der Waals surface area contributed by atoms with Crippen LogP contribution in [0.2, 0.25) is 0 Å². The standard InChI is InChI=1S/C18H16N2O3/c1-11-15-14(16(12(2)19-11)18(22)23-3)9-10-20(17(15)21)13-7-5-4-6-8-13/h4-10H,1-3H3. The van der Waals surface area contributed by atoms with Crippen molar-refractivity contribution >= 4 is 16.7 Å². The molecule has 5 heteroatoms. The molecule has 23 heavy (non-hydrogen) atoms. The fraction of sp³-hybridized carbons (Fsp3) is 0.167. The number of carbonyl (C=O) groups is 1. The first-order valence-electron chi connectivity index (χ1n) is 7.21. The van der Waals surface area contributed by atoms with Crippen molar-refractivity contribution in [3.05, 3.63) is 69.9 Å². The van der Waals surface area contributed by atoms with Crippen molar-refractivity contribution in [3.8, 4) is 5.69 Å². The first kappa shape index (κ1) is 15.0. The third kappa shape index (κ3) is 2.40. The Morgan fingerprint density at radius 3 is 2.43 bits per heavy atom. The number of aryl methyl sites for hydroxylation is 2. The van der Waals surface area contributed by atoms with Gasteiger partial charge in [0.05, 0.1) is 29.4 Å². The largest absolute Gasteiger partial charge is 0.465 e. The predicted molar refractivity (Wildman–Crippen MR) is 88.2 cm³/mol. The van der Waals surface area contributed by atoms with Crippen LogP contribution in [0.1, 0.15) is 21.7 Å². The van der Waals surface area contributed by atoms with Crippen LogP contribution >= 0.6 is 0 Å². The van der Waals surface area contributed by atoms with E-state index < -0.39 is 5.97 Å². The van der Waals surface area contributed by atoms with Crippen molar-refractivity contribution in [1.29, 1.82) is 0 Å². The molecule has 0 spiro atoms. The lowest BCUT2D eigenvalue weighted by atomic mass is 10.0. The molecular weight excluding hydrogens is 292 g/mol. The van der Waals surface area contributed by atoms with Gasteiger partial charge in [-0.15, -0.1) is 0 Å². The van der Waals surface area contributed by atoms with Gasteiger partial charge in [0.25, 0.3) is 5.56 Å². The molecule has 116 valence electrons. The lowest BCUT2D eigenvalue weighted by Crippen LogP contribution is -2.20. The zero-order valence-corrected chi connectivity index (χ0v) is 13.2. The van der Waals surface area contributed by atoms with Crippen molar-refractivity contribution in [1.82, 2.24) is 9.55 Å². The maximum Gasteiger partial charge on any atom is 0.340 e. The van der Waals surface area contributed by atoms with Crippen LogP contribution in [0.25, 0.3) is 16.5 Å². The maximum atomic E-state index is 12.9. The van der Waals surface area contributed by atoms with Crippen molar-refractivity contribution in [2.75, 3.05) is 7.11 Å². The number of benzene rings is 1. The fourth-order valence-electron chi connectivity index (χ4n) is 2.80. The Morgan fingerprint density at radius 2 is 1.78 bits per heavy atom. The highest BCUT2D eigenvalue weighted by Gasteiger charge is 2.19. The molecule has 5 nitrogen and oxygen atoms in total. The number of rotatable bonds is 2. The van der Waals surface area contributed by atoms with Crippen LogP contribution in [-0.2, 0) is 4.74 Å². The van der Waals surface area contributed by atoms with E-state index in [0.717, 1.165) is 5.69 Å². The molecule has 0 atom stereocenters. The second kappa shape index (κ2) is 5.68. The number of carbonyl (C=O) groups excluding carboxylic acids is 1. The molecule has 0 N–H and O–H groups in total. The summed E-state index contributed by atoms with van der Waals surface area (Å²) in [6.45, 7) is 3.51. The first-order valence-corrected chi connectivity index (χ1v) is 7.21. The highest BCUT2D eigenvalue weighted by molar-refractivity contribution is 6.05. The minimum absolute atomic E-state index is 0.205. The van der Waals surface area contributed by atoms with Crippen LogP contribution in [0, 0.1) is 13.8 Å². The Balaban J connectivity index is 2.40. The van der Waals surface area contributed by atoms with Gasteiger partial charge in [0.1, 0.15) is 0 Å². The van der Waals surface area contributed by atoms with Gasteiger partial charge in [-0.3, -0.25) is 14.3 Å². The molecule has 0 aliphatic carbocycles. The normalized spacial score (nSPS) is 10.7. The molecule has 0 aliphatic rings. The van der Waals surface area contributed by atoms with Crippen LogP contribution in [-0.4, -0.2) is 22.6 Å². The maximum absolute atomic E-state index is 12.9. The fourth-order valence-corrected chi connectivity index (χ4v) is 2.80. The molecule has 0 bridgehead atoms. The van der Waals surface area contributed by atoms with Crippen molar-refractivity contribution in [2.24, 2.45) is 0 Å². The summed E-state index contributed by atoms with van der Waals surface area (Å²) in [5, 5.41) is 1.00. The number of pyridine rings is 2. The van der Waals surface area contributed by atoms with E-state index >= 15 is 0 Å². The van der Waals surface area contributed by atoms with E-state index in [1.54, 1.807) is 30.7 Å². The van der Waals surface area contributed by atoms with Crippen LogP contribution < -0.4 is 5.56 Å². The molecular formula is C18H16N2O3. The Bertz CT molecular complexity index is 959. The smallest absolute Gasteiger partial charge is 0.340 e.